The van der Waals surface area contributed by atoms with Gasteiger partial charge in [-0.15, -0.1) is 0 Å². The number of carbonyl (C=O) groups is 1. The van der Waals surface area contributed by atoms with Crippen molar-refractivity contribution in [3.8, 4) is 0 Å². The summed E-state index contributed by atoms with van der Waals surface area (Å²) in [5.74, 6) is -0.211. The number of para-hydroxylation sites is 1. The largest absolute Gasteiger partial charge is 0.321 e. The lowest BCUT2D eigenvalue weighted by molar-refractivity contribution is 0.103. The van der Waals surface area contributed by atoms with E-state index in [1.807, 2.05) is 19.1 Å². The molecule has 1 heterocycles. The van der Waals surface area contributed by atoms with Crippen LogP contribution in [0, 0.1) is 6.92 Å². The van der Waals surface area contributed by atoms with Crippen molar-refractivity contribution in [1.82, 2.24) is 0 Å². The Labute approximate surface area is 139 Å². The highest BCUT2D eigenvalue weighted by molar-refractivity contribution is 7.93. The van der Waals surface area contributed by atoms with Crippen LogP contribution in [-0.4, -0.2) is 14.3 Å². The van der Waals surface area contributed by atoms with Crippen molar-refractivity contribution in [1.29, 1.82) is 0 Å². The maximum absolute atomic E-state index is 12.9. The molecule has 5 nitrogen and oxygen atoms in total. The van der Waals surface area contributed by atoms with Gasteiger partial charge in [0, 0.05) is 22.0 Å². The fourth-order valence-corrected chi connectivity index (χ4v) is 4.32. The summed E-state index contributed by atoms with van der Waals surface area (Å²) in [7, 11) is -3.77. The first-order valence-electron chi connectivity index (χ1n) is 7.43. The molecule has 0 aliphatic carbocycles. The number of benzene rings is 3. The van der Waals surface area contributed by atoms with Crippen LogP contribution >= 0.6 is 0 Å². The third-order valence-electron chi connectivity index (χ3n) is 4.17. The maximum atomic E-state index is 12.9. The summed E-state index contributed by atoms with van der Waals surface area (Å²) in [6, 6.07) is 15.4. The van der Waals surface area contributed by atoms with Gasteiger partial charge in [0.2, 0.25) is 0 Å². The molecular formula is C18H14N2O3S. The van der Waals surface area contributed by atoms with Gasteiger partial charge in [-0.1, -0.05) is 30.3 Å². The Morgan fingerprint density at radius 2 is 1.75 bits per heavy atom. The molecule has 0 spiro atoms. The average Bonchev–Trinajstić information content (AvgIpc) is 2.88. The Morgan fingerprint density at radius 1 is 0.958 bits per heavy atom. The number of anilines is 2. The van der Waals surface area contributed by atoms with E-state index >= 15 is 0 Å². The van der Waals surface area contributed by atoms with E-state index in [0.29, 0.717) is 27.7 Å². The van der Waals surface area contributed by atoms with E-state index < -0.39 is 10.0 Å². The summed E-state index contributed by atoms with van der Waals surface area (Å²) >= 11 is 0. The van der Waals surface area contributed by atoms with Crippen molar-refractivity contribution in [3.63, 3.8) is 0 Å². The summed E-state index contributed by atoms with van der Waals surface area (Å²) < 4.78 is 28.4. The minimum Gasteiger partial charge on any atom is -0.321 e. The summed E-state index contributed by atoms with van der Waals surface area (Å²) in [6.07, 6.45) is 0. The normalized spacial score (nSPS) is 13.1. The second kappa shape index (κ2) is 5.07. The summed E-state index contributed by atoms with van der Waals surface area (Å²) in [5, 5.41) is 3.93. The van der Waals surface area contributed by atoms with E-state index in [0.717, 1.165) is 5.56 Å². The smallest absolute Gasteiger partial charge is 0.262 e. The number of sulfonamides is 1. The van der Waals surface area contributed by atoms with Crippen LogP contribution in [0.1, 0.15) is 15.9 Å². The summed E-state index contributed by atoms with van der Waals surface area (Å²) in [5.41, 5.74) is 2.51. The molecule has 0 saturated carbocycles. The molecule has 0 unspecified atom stereocenters. The number of hydrogen-bond acceptors (Lipinski definition) is 3. The van der Waals surface area contributed by atoms with Crippen LogP contribution in [0.5, 0.6) is 0 Å². The van der Waals surface area contributed by atoms with Crippen molar-refractivity contribution in [3.05, 3.63) is 65.7 Å². The highest BCUT2D eigenvalue weighted by Crippen LogP contribution is 2.37. The van der Waals surface area contributed by atoms with Crippen LogP contribution in [0.4, 0.5) is 11.4 Å². The molecule has 0 atom stereocenters. The second-order valence-electron chi connectivity index (χ2n) is 5.71. The van der Waals surface area contributed by atoms with E-state index in [-0.39, 0.29) is 10.8 Å². The van der Waals surface area contributed by atoms with Gasteiger partial charge in [-0.3, -0.25) is 9.52 Å². The molecule has 1 amide bonds. The van der Waals surface area contributed by atoms with Gasteiger partial charge in [-0.05, 0) is 36.8 Å². The molecule has 2 N–H and O–H groups in total. The second-order valence-corrected chi connectivity index (χ2v) is 7.36. The van der Waals surface area contributed by atoms with E-state index in [4.69, 9.17) is 0 Å². The average molecular weight is 338 g/mol. The lowest BCUT2D eigenvalue weighted by Crippen LogP contribution is -2.14. The van der Waals surface area contributed by atoms with Crippen molar-refractivity contribution < 1.29 is 13.2 Å². The van der Waals surface area contributed by atoms with Crippen molar-refractivity contribution >= 4 is 38.1 Å². The van der Waals surface area contributed by atoms with Crippen molar-refractivity contribution in [2.24, 2.45) is 0 Å². The van der Waals surface area contributed by atoms with Gasteiger partial charge < -0.3 is 5.32 Å². The van der Waals surface area contributed by atoms with Gasteiger partial charge in [-0.2, -0.15) is 0 Å². The minimum atomic E-state index is -3.77. The standard InChI is InChI=1S/C18H14N2O3S/c1-11-5-2-3-8-14(11)20-24(22,23)16-10-9-15-17-12(16)6-4-7-13(17)18(21)19-15/h2-10,20H,1H3,(H,19,21). The molecule has 4 rings (SSSR count). The van der Waals surface area contributed by atoms with Gasteiger partial charge in [0.05, 0.1) is 10.6 Å². The molecule has 1 aliphatic heterocycles. The molecule has 3 aromatic carbocycles. The predicted molar refractivity (Wildman–Crippen MR) is 93.9 cm³/mol. The van der Waals surface area contributed by atoms with Gasteiger partial charge >= 0.3 is 0 Å². The first-order valence-corrected chi connectivity index (χ1v) is 8.91. The SMILES string of the molecule is Cc1ccccc1NS(=O)(=O)c1ccc2c3c(cccc13)C(=O)N2. The summed E-state index contributed by atoms with van der Waals surface area (Å²) in [4.78, 5) is 12.1. The molecule has 24 heavy (non-hydrogen) atoms. The van der Waals surface area contributed by atoms with Crippen LogP contribution in [-0.2, 0) is 10.0 Å². The zero-order chi connectivity index (χ0) is 16.9. The van der Waals surface area contributed by atoms with E-state index in [9.17, 15) is 13.2 Å². The molecule has 0 aromatic heterocycles. The number of rotatable bonds is 3. The molecule has 6 heteroatoms. The topological polar surface area (TPSA) is 75.3 Å². The number of aryl methyl sites for hydroxylation is 1. The van der Waals surface area contributed by atoms with Crippen LogP contribution in [0.3, 0.4) is 0 Å². The monoisotopic (exact) mass is 338 g/mol. The molecule has 0 radical (unpaired) electrons. The van der Waals surface area contributed by atoms with Crippen LogP contribution in [0.25, 0.3) is 10.8 Å². The predicted octanol–water partition coefficient (Wildman–Crippen LogP) is 3.51. The van der Waals surface area contributed by atoms with Crippen molar-refractivity contribution in [2.75, 3.05) is 10.0 Å². The quantitative estimate of drug-likeness (QED) is 0.767. The highest BCUT2D eigenvalue weighted by Gasteiger charge is 2.26. The number of hydrogen-bond donors (Lipinski definition) is 2. The Balaban J connectivity index is 1.90. The number of nitrogens with one attached hydrogen (secondary N) is 2. The first kappa shape index (κ1) is 14.7. The zero-order valence-corrected chi connectivity index (χ0v) is 13.6. The number of amides is 1. The molecule has 120 valence electrons. The highest BCUT2D eigenvalue weighted by atomic mass is 32.2. The molecule has 1 aliphatic rings. The maximum Gasteiger partial charge on any atom is 0.262 e. The first-order chi connectivity index (χ1) is 11.5. The Bertz CT molecular complexity index is 1100. The van der Waals surface area contributed by atoms with Crippen LogP contribution in [0.2, 0.25) is 0 Å². The molecular weight excluding hydrogens is 324 g/mol. The fraction of sp³-hybridized carbons (Fsp3) is 0.0556. The van der Waals surface area contributed by atoms with E-state index in [1.165, 1.54) is 6.07 Å². The van der Waals surface area contributed by atoms with E-state index in [2.05, 4.69) is 10.0 Å². The zero-order valence-electron chi connectivity index (χ0n) is 12.8. The van der Waals surface area contributed by atoms with Crippen LogP contribution < -0.4 is 10.0 Å². The lowest BCUT2D eigenvalue weighted by atomic mass is 10.1. The van der Waals surface area contributed by atoms with Gasteiger partial charge in [0.1, 0.15) is 0 Å². The van der Waals surface area contributed by atoms with Crippen LogP contribution in [0.15, 0.2) is 59.5 Å². The summed E-state index contributed by atoms with van der Waals surface area (Å²) in [6.45, 7) is 1.84. The van der Waals surface area contributed by atoms with Crippen molar-refractivity contribution in [2.45, 2.75) is 11.8 Å². The molecule has 3 aromatic rings. The lowest BCUT2D eigenvalue weighted by Gasteiger charge is -2.12. The molecule has 0 bridgehead atoms. The fourth-order valence-electron chi connectivity index (χ4n) is 2.98. The molecule has 0 fully saturated rings. The van der Waals surface area contributed by atoms with Gasteiger partial charge in [0.25, 0.3) is 15.9 Å². The third-order valence-corrected chi connectivity index (χ3v) is 5.60. The number of carbonyl (C=O) groups excluding carboxylic acids is 1. The van der Waals surface area contributed by atoms with E-state index in [1.54, 1.807) is 36.4 Å². The Kier molecular flexibility index (Phi) is 3.11. The van der Waals surface area contributed by atoms with Gasteiger partial charge in [-0.25, -0.2) is 8.42 Å². The third kappa shape index (κ3) is 2.15. The van der Waals surface area contributed by atoms with Gasteiger partial charge in [0.15, 0.2) is 0 Å². The Hall–Kier alpha value is -2.86. The Morgan fingerprint density at radius 3 is 2.54 bits per heavy atom. The minimum absolute atomic E-state index is 0.155. The molecule has 0 saturated heterocycles.